The summed E-state index contributed by atoms with van der Waals surface area (Å²) in [6.07, 6.45) is 0. The number of para-hydroxylation sites is 4. The minimum atomic E-state index is 0.463. The summed E-state index contributed by atoms with van der Waals surface area (Å²) in [5.74, 6) is 0. The molecule has 15 aromatic rings. The van der Waals surface area contributed by atoms with Crippen molar-refractivity contribution in [2.24, 2.45) is 0 Å². The second-order valence-corrected chi connectivity index (χ2v) is 18.3. The molecule has 0 saturated carbocycles. The molecule has 6 heteroatoms. The zero-order valence-corrected chi connectivity index (χ0v) is 37.5. The van der Waals surface area contributed by atoms with E-state index in [2.05, 4.69) is 237 Å². The largest absolute Gasteiger partial charge is 0.309 e. The topological polar surface area (TPSA) is 67.3 Å². The lowest BCUT2D eigenvalue weighted by molar-refractivity contribution is 1.12. The zero-order chi connectivity index (χ0) is 46.2. The van der Waals surface area contributed by atoms with Gasteiger partial charge in [0.2, 0.25) is 0 Å². The van der Waals surface area contributed by atoms with Crippen LogP contribution in [0, 0.1) is 22.7 Å². The van der Waals surface area contributed by atoms with Crippen molar-refractivity contribution in [3.63, 3.8) is 0 Å². The van der Waals surface area contributed by atoms with Crippen LogP contribution in [0.2, 0.25) is 0 Å². The summed E-state index contributed by atoms with van der Waals surface area (Å²) in [5, 5.41) is 36.2. The Morgan fingerprint density at radius 1 is 0.257 bits per heavy atom. The van der Waals surface area contributed by atoms with E-state index in [0.29, 0.717) is 22.5 Å². The molecule has 322 valence electrons. The first-order valence-electron chi connectivity index (χ1n) is 23.5. The fraction of sp³-hybridized carbons (Fsp3) is 0. The monoisotopic (exact) mass is 888 g/mol. The molecule has 4 aromatic heterocycles. The molecule has 15 rings (SSSR count). The van der Waals surface area contributed by atoms with Gasteiger partial charge in [0.15, 0.2) is 0 Å². The number of aromatic nitrogens is 4. The van der Waals surface area contributed by atoms with E-state index in [0.717, 1.165) is 98.6 Å². The Bertz CT molecular complexity index is 4450. The van der Waals surface area contributed by atoms with Gasteiger partial charge in [0.25, 0.3) is 0 Å². The number of hydrogen-bond acceptors (Lipinski definition) is 2. The van der Waals surface area contributed by atoms with E-state index >= 15 is 0 Å². The third kappa shape index (κ3) is 5.14. The molecule has 0 unspecified atom stereocenters. The molecule has 0 aliphatic carbocycles. The molecule has 0 aliphatic heterocycles. The molecule has 4 heterocycles. The molecular weight excluding hydrogens is 853 g/mol. The Labute approximate surface area is 400 Å². The number of hydrogen-bond donors (Lipinski definition) is 0. The fourth-order valence-electron chi connectivity index (χ4n) is 11.9. The van der Waals surface area contributed by atoms with Crippen LogP contribution in [0.4, 0.5) is 0 Å². The summed E-state index contributed by atoms with van der Waals surface area (Å²) in [6.45, 7) is 0. The SMILES string of the molecule is N#Cc1cc(-n2c3ccc(-n4c5ccccc5c5ccccc54)cc3c3c4ccccc4ccc32)c(C#N)cc1-n1c2ccc(-n3c4ccccc4c4ccccc43)cc2c2c3ccccc3ccc21. The first kappa shape index (κ1) is 38.2. The highest BCUT2D eigenvalue weighted by Gasteiger charge is 2.24. The highest BCUT2D eigenvalue weighted by atomic mass is 15.0. The maximum absolute atomic E-state index is 11.3. The third-order valence-electron chi connectivity index (χ3n) is 14.8. The van der Waals surface area contributed by atoms with Crippen molar-refractivity contribution in [1.29, 1.82) is 10.5 Å². The minimum absolute atomic E-state index is 0.463. The average molecular weight is 889 g/mol. The van der Waals surface area contributed by atoms with Crippen molar-refractivity contribution >= 4 is 109 Å². The van der Waals surface area contributed by atoms with Gasteiger partial charge in [-0.2, -0.15) is 10.5 Å². The molecular formula is C64H36N6. The lowest BCUT2D eigenvalue weighted by Crippen LogP contribution is -2.04. The lowest BCUT2D eigenvalue weighted by atomic mass is 10.0. The molecule has 70 heavy (non-hydrogen) atoms. The van der Waals surface area contributed by atoms with E-state index in [1.807, 2.05) is 12.1 Å². The third-order valence-corrected chi connectivity index (χ3v) is 14.8. The molecule has 11 aromatic carbocycles. The van der Waals surface area contributed by atoms with Crippen molar-refractivity contribution in [1.82, 2.24) is 18.3 Å². The molecule has 0 saturated heterocycles. The fourth-order valence-corrected chi connectivity index (χ4v) is 11.9. The lowest BCUT2D eigenvalue weighted by Gasteiger charge is -2.16. The summed E-state index contributed by atoms with van der Waals surface area (Å²) in [6, 6.07) is 82.3. The van der Waals surface area contributed by atoms with Crippen molar-refractivity contribution < 1.29 is 0 Å². The maximum atomic E-state index is 11.3. The summed E-state index contributed by atoms with van der Waals surface area (Å²) in [4.78, 5) is 0. The average Bonchev–Trinajstić information content (AvgIpc) is 4.15. The van der Waals surface area contributed by atoms with E-state index < -0.39 is 0 Å². The number of rotatable bonds is 4. The second kappa shape index (κ2) is 14.3. The van der Waals surface area contributed by atoms with Crippen molar-refractivity contribution in [2.75, 3.05) is 0 Å². The van der Waals surface area contributed by atoms with E-state index in [1.54, 1.807) is 0 Å². The van der Waals surface area contributed by atoms with E-state index in [4.69, 9.17) is 0 Å². The van der Waals surface area contributed by atoms with Crippen molar-refractivity contribution in [3.05, 3.63) is 230 Å². The number of nitriles is 2. The number of nitrogens with zero attached hydrogens (tertiary/aromatic N) is 6. The van der Waals surface area contributed by atoms with Crippen LogP contribution in [-0.4, -0.2) is 18.3 Å². The van der Waals surface area contributed by atoms with Crippen LogP contribution in [0.25, 0.3) is 132 Å². The predicted molar refractivity (Wildman–Crippen MR) is 288 cm³/mol. The normalized spacial score (nSPS) is 12.0. The Morgan fingerprint density at radius 3 is 0.943 bits per heavy atom. The standard InChI is InChI=1S/C64H36N6/c65-37-41-34-62(70-58-32-28-44(36-52(58)64-46-16-4-2-14-40(46)26-30-60(64)70)68-55-23-11-7-19-49(55)50-20-8-12-24-56(50)68)42(38-66)33-61(41)69-57-31-27-43(35-51(57)63-45-15-3-1-13-39(45)25-29-59(63)69)67-53-21-9-5-17-47(53)48-18-6-10-22-54(48)67/h1-36H. The molecule has 0 aliphatic rings. The zero-order valence-electron chi connectivity index (χ0n) is 37.5. The second-order valence-electron chi connectivity index (χ2n) is 18.3. The first-order chi connectivity index (χ1) is 34.7. The van der Waals surface area contributed by atoms with Crippen LogP contribution in [0.3, 0.4) is 0 Å². The smallest absolute Gasteiger partial charge is 0.101 e. The van der Waals surface area contributed by atoms with Gasteiger partial charge >= 0.3 is 0 Å². The highest BCUT2D eigenvalue weighted by molar-refractivity contribution is 6.23. The molecule has 6 nitrogen and oxygen atoms in total. The van der Waals surface area contributed by atoms with Crippen LogP contribution in [0.15, 0.2) is 218 Å². The number of fused-ring (bicyclic) bond motifs is 16. The predicted octanol–water partition coefficient (Wildman–Crippen LogP) is 16.1. The van der Waals surface area contributed by atoms with Crippen molar-refractivity contribution in [3.8, 4) is 34.9 Å². The Balaban J connectivity index is 0.992. The molecule has 0 radical (unpaired) electrons. The van der Waals surface area contributed by atoms with Gasteiger partial charge in [0, 0.05) is 54.5 Å². The summed E-state index contributed by atoms with van der Waals surface area (Å²) in [7, 11) is 0. The molecule has 0 amide bonds. The van der Waals surface area contributed by atoms with E-state index in [1.165, 1.54) is 21.5 Å². The molecule has 0 atom stereocenters. The van der Waals surface area contributed by atoms with Crippen molar-refractivity contribution in [2.45, 2.75) is 0 Å². The molecule has 0 bridgehead atoms. The van der Waals surface area contributed by atoms with Gasteiger partial charge in [-0.1, -0.05) is 133 Å². The van der Waals surface area contributed by atoms with Gasteiger partial charge < -0.3 is 18.3 Å². The van der Waals surface area contributed by atoms with Gasteiger partial charge in [-0.3, -0.25) is 0 Å². The van der Waals surface area contributed by atoms with Crippen LogP contribution < -0.4 is 0 Å². The maximum Gasteiger partial charge on any atom is 0.101 e. The van der Waals surface area contributed by atoms with Crippen LogP contribution >= 0.6 is 0 Å². The summed E-state index contributed by atoms with van der Waals surface area (Å²) in [5.41, 5.74) is 12.7. The highest BCUT2D eigenvalue weighted by Crippen LogP contribution is 2.44. The summed E-state index contributed by atoms with van der Waals surface area (Å²) >= 11 is 0. The Kier molecular flexibility index (Phi) is 7.82. The summed E-state index contributed by atoms with van der Waals surface area (Å²) < 4.78 is 9.08. The van der Waals surface area contributed by atoms with Gasteiger partial charge in [0.1, 0.15) is 12.1 Å². The molecule has 0 spiro atoms. The Morgan fingerprint density at radius 2 is 0.571 bits per heavy atom. The van der Waals surface area contributed by atoms with Crippen LogP contribution in [-0.2, 0) is 0 Å². The number of benzene rings is 11. The molecule has 0 fully saturated rings. The van der Waals surface area contributed by atoms with Crippen LogP contribution in [0.1, 0.15) is 11.1 Å². The minimum Gasteiger partial charge on any atom is -0.309 e. The van der Waals surface area contributed by atoms with Crippen LogP contribution in [0.5, 0.6) is 0 Å². The van der Waals surface area contributed by atoms with Gasteiger partial charge in [-0.25, -0.2) is 0 Å². The molecule has 0 N–H and O–H groups in total. The van der Waals surface area contributed by atoms with Gasteiger partial charge in [-0.15, -0.1) is 0 Å². The quantitative estimate of drug-likeness (QED) is 0.177. The Hall–Kier alpha value is -9.88. The van der Waals surface area contributed by atoms with E-state index in [-0.39, 0.29) is 0 Å². The van der Waals surface area contributed by atoms with E-state index in [9.17, 15) is 10.5 Å². The first-order valence-corrected chi connectivity index (χ1v) is 23.5. The van der Waals surface area contributed by atoms with Gasteiger partial charge in [0.05, 0.1) is 66.6 Å². The van der Waals surface area contributed by atoms with Gasteiger partial charge in [-0.05, 0) is 106 Å².